The Labute approximate surface area is 152 Å². The summed E-state index contributed by atoms with van der Waals surface area (Å²) in [5.41, 5.74) is 4.38. The molecule has 1 N–H and O–H groups in total. The lowest BCUT2D eigenvalue weighted by Crippen LogP contribution is -2.49. The zero-order valence-electron chi connectivity index (χ0n) is 15.4. The number of nitrogens with zero attached hydrogens (tertiary/aromatic N) is 5. The van der Waals surface area contributed by atoms with E-state index in [1.807, 2.05) is 47.7 Å². The van der Waals surface area contributed by atoms with E-state index in [0.717, 1.165) is 29.7 Å². The first-order valence-corrected chi connectivity index (χ1v) is 8.91. The summed E-state index contributed by atoms with van der Waals surface area (Å²) in [6.07, 6.45) is 5.02. The van der Waals surface area contributed by atoms with Crippen molar-refractivity contribution in [2.75, 3.05) is 7.05 Å². The Kier molecular flexibility index (Phi) is 4.24. The molecule has 3 aromatic rings. The minimum Gasteiger partial charge on any atom is -0.336 e. The smallest absolute Gasteiger partial charge is 0.222 e. The van der Waals surface area contributed by atoms with Crippen molar-refractivity contribution < 1.29 is 4.79 Å². The summed E-state index contributed by atoms with van der Waals surface area (Å²) < 4.78 is 3.88. The fourth-order valence-electron chi connectivity index (χ4n) is 3.87. The third kappa shape index (κ3) is 2.88. The van der Waals surface area contributed by atoms with Crippen molar-refractivity contribution in [2.24, 2.45) is 14.1 Å². The van der Waals surface area contributed by atoms with Crippen LogP contribution in [0.15, 0.2) is 36.8 Å². The molecule has 0 radical (unpaired) electrons. The van der Waals surface area contributed by atoms with Crippen LogP contribution < -0.4 is 5.32 Å². The quantitative estimate of drug-likeness (QED) is 0.777. The van der Waals surface area contributed by atoms with Gasteiger partial charge in [0.25, 0.3) is 0 Å². The minimum absolute atomic E-state index is 0.0117. The second-order valence-corrected chi connectivity index (χ2v) is 7.03. The Balaban J connectivity index is 1.54. The normalized spacial score (nSPS) is 20.9. The number of likely N-dealkylation sites (N-methyl/N-ethyl adjacent to an activating group) is 1. The van der Waals surface area contributed by atoms with E-state index >= 15 is 0 Å². The van der Waals surface area contributed by atoms with Crippen LogP contribution in [0.3, 0.4) is 0 Å². The summed E-state index contributed by atoms with van der Waals surface area (Å²) in [6.45, 7) is 0.744. The molecule has 1 aliphatic heterocycles. The number of nitrogens with one attached hydrogen (secondary N) is 1. The number of hydrogen-bond donors (Lipinski definition) is 1. The molecule has 0 aliphatic carbocycles. The lowest BCUT2D eigenvalue weighted by molar-refractivity contribution is -0.136. The Morgan fingerprint density at radius 2 is 2.08 bits per heavy atom. The Morgan fingerprint density at radius 1 is 1.23 bits per heavy atom. The van der Waals surface area contributed by atoms with Crippen LogP contribution in [0.25, 0.3) is 11.0 Å². The van der Waals surface area contributed by atoms with Gasteiger partial charge in [-0.25, -0.2) is 4.98 Å². The van der Waals surface area contributed by atoms with Gasteiger partial charge in [-0.15, -0.1) is 0 Å². The number of piperidine rings is 1. The van der Waals surface area contributed by atoms with E-state index in [-0.39, 0.29) is 18.0 Å². The van der Waals surface area contributed by atoms with Crippen molar-refractivity contribution >= 4 is 16.9 Å². The van der Waals surface area contributed by atoms with Gasteiger partial charge in [0.2, 0.25) is 5.91 Å². The van der Waals surface area contributed by atoms with Gasteiger partial charge in [-0.05, 0) is 30.2 Å². The summed E-state index contributed by atoms with van der Waals surface area (Å²) >= 11 is 0. The Hall–Kier alpha value is -2.67. The number of amides is 1. The number of carbonyl (C=O) groups is 1. The molecule has 0 saturated carbocycles. The molecule has 7 nitrogen and oxygen atoms in total. The van der Waals surface area contributed by atoms with Crippen molar-refractivity contribution in [3.8, 4) is 0 Å². The number of hydrogen-bond acceptors (Lipinski definition) is 4. The van der Waals surface area contributed by atoms with E-state index in [0.29, 0.717) is 6.42 Å². The molecule has 4 rings (SSSR count). The number of benzene rings is 1. The second kappa shape index (κ2) is 6.57. The third-order valence-corrected chi connectivity index (χ3v) is 5.38. The maximum Gasteiger partial charge on any atom is 0.222 e. The van der Waals surface area contributed by atoms with Crippen molar-refractivity contribution in [2.45, 2.75) is 31.5 Å². The number of fused-ring (bicyclic) bond motifs is 1. The van der Waals surface area contributed by atoms with Gasteiger partial charge < -0.3 is 14.8 Å². The Morgan fingerprint density at radius 3 is 2.85 bits per heavy atom. The van der Waals surface area contributed by atoms with Gasteiger partial charge in [-0.1, -0.05) is 6.07 Å². The third-order valence-electron chi connectivity index (χ3n) is 5.38. The topological polar surface area (TPSA) is 68.0 Å². The maximum absolute atomic E-state index is 12.2. The maximum atomic E-state index is 12.2. The molecule has 0 spiro atoms. The van der Waals surface area contributed by atoms with Gasteiger partial charge in [-0.2, -0.15) is 5.10 Å². The summed E-state index contributed by atoms with van der Waals surface area (Å²) in [5, 5.41) is 7.94. The highest BCUT2D eigenvalue weighted by atomic mass is 16.2. The first-order valence-electron chi connectivity index (χ1n) is 8.91. The highest BCUT2D eigenvalue weighted by Crippen LogP contribution is 2.30. The van der Waals surface area contributed by atoms with Gasteiger partial charge in [-0.3, -0.25) is 9.48 Å². The molecule has 136 valence electrons. The lowest BCUT2D eigenvalue weighted by Gasteiger charge is -2.39. The SMILES string of the molecule is CN1C(=O)CC[C@@H](NCc2ccc3c(c2)ncn3C)[C@@H]1c1ccnn1C. The zero-order chi connectivity index (χ0) is 18.3. The number of imidazole rings is 1. The highest BCUT2D eigenvalue weighted by molar-refractivity contribution is 5.77. The summed E-state index contributed by atoms with van der Waals surface area (Å²) in [5.74, 6) is 0.184. The minimum atomic E-state index is -0.0117. The molecule has 2 aromatic heterocycles. The fourth-order valence-corrected chi connectivity index (χ4v) is 3.87. The van der Waals surface area contributed by atoms with Crippen LogP contribution >= 0.6 is 0 Å². The summed E-state index contributed by atoms with van der Waals surface area (Å²) in [4.78, 5) is 18.5. The molecule has 2 atom stereocenters. The van der Waals surface area contributed by atoms with E-state index in [2.05, 4.69) is 33.6 Å². The van der Waals surface area contributed by atoms with Crippen LogP contribution in [0.4, 0.5) is 0 Å². The number of aromatic nitrogens is 4. The van der Waals surface area contributed by atoms with Gasteiger partial charge in [0.05, 0.1) is 29.1 Å². The van der Waals surface area contributed by atoms with Crippen LogP contribution in [0.1, 0.15) is 30.1 Å². The number of rotatable bonds is 4. The van der Waals surface area contributed by atoms with Crippen molar-refractivity contribution in [1.29, 1.82) is 0 Å². The summed E-state index contributed by atoms with van der Waals surface area (Å²) in [6, 6.07) is 8.53. The average molecular weight is 352 g/mol. The fraction of sp³-hybridized carbons (Fsp3) is 0.421. The highest BCUT2D eigenvalue weighted by Gasteiger charge is 2.35. The van der Waals surface area contributed by atoms with E-state index in [4.69, 9.17) is 0 Å². The first kappa shape index (κ1) is 16.8. The second-order valence-electron chi connectivity index (χ2n) is 7.03. The van der Waals surface area contributed by atoms with Crippen molar-refractivity contribution in [3.05, 3.63) is 48.0 Å². The number of aryl methyl sites for hydroxylation is 2. The van der Waals surface area contributed by atoms with E-state index in [9.17, 15) is 4.79 Å². The van der Waals surface area contributed by atoms with E-state index in [1.54, 1.807) is 6.20 Å². The molecule has 1 aliphatic rings. The van der Waals surface area contributed by atoms with Gasteiger partial charge >= 0.3 is 0 Å². The molecule has 7 heteroatoms. The standard InChI is InChI=1S/C19H24N6O/c1-23-12-21-15-10-13(4-6-16(15)23)11-20-14-5-7-18(26)24(2)19(14)17-8-9-22-25(17)3/h4,6,8-10,12,14,19-20H,5,7,11H2,1-3H3/t14-,19-/m1/s1. The lowest BCUT2D eigenvalue weighted by atomic mass is 9.93. The predicted molar refractivity (Wildman–Crippen MR) is 99.3 cm³/mol. The van der Waals surface area contributed by atoms with Gasteiger partial charge in [0.15, 0.2) is 0 Å². The van der Waals surface area contributed by atoms with Crippen LogP contribution in [-0.2, 0) is 25.4 Å². The monoisotopic (exact) mass is 352 g/mol. The molecule has 1 fully saturated rings. The molecule has 0 bridgehead atoms. The first-order chi connectivity index (χ1) is 12.5. The molecule has 3 heterocycles. The largest absolute Gasteiger partial charge is 0.336 e. The molecule has 1 aromatic carbocycles. The van der Waals surface area contributed by atoms with E-state index in [1.165, 1.54) is 5.56 Å². The Bertz CT molecular complexity index is 943. The van der Waals surface area contributed by atoms with Crippen LogP contribution in [-0.4, -0.2) is 43.2 Å². The molecule has 1 amide bonds. The average Bonchev–Trinajstić information content (AvgIpc) is 3.22. The van der Waals surface area contributed by atoms with Crippen LogP contribution in [0, 0.1) is 0 Å². The van der Waals surface area contributed by atoms with Crippen LogP contribution in [0.5, 0.6) is 0 Å². The van der Waals surface area contributed by atoms with Crippen LogP contribution in [0.2, 0.25) is 0 Å². The van der Waals surface area contributed by atoms with Crippen molar-refractivity contribution in [3.63, 3.8) is 0 Å². The zero-order valence-corrected chi connectivity index (χ0v) is 15.4. The van der Waals surface area contributed by atoms with Crippen molar-refractivity contribution in [1.82, 2.24) is 29.5 Å². The van der Waals surface area contributed by atoms with Gasteiger partial charge in [0.1, 0.15) is 0 Å². The molecular formula is C19H24N6O. The number of likely N-dealkylation sites (tertiary alicyclic amines) is 1. The van der Waals surface area contributed by atoms with E-state index < -0.39 is 0 Å². The predicted octanol–water partition coefficient (Wildman–Crippen LogP) is 1.76. The molecule has 26 heavy (non-hydrogen) atoms. The molecular weight excluding hydrogens is 328 g/mol. The summed E-state index contributed by atoms with van der Waals surface area (Å²) in [7, 11) is 5.81. The molecule has 0 unspecified atom stereocenters. The molecule has 1 saturated heterocycles. The number of carbonyl (C=O) groups excluding carboxylic acids is 1. The van der Waals surface area contributed by atoms with Gasteiger partial charge in [0, 0.05) is 46.3 Å².